The fraction of sp³-hybridized carbons (Fsp3) is 0.600. The third kappa shape index (κ3) is 3.62. The van der Waals surface area contributed by atoms with Gasteiger partial charge < -0.3 is 10.5 Å². The highest BCUT2D eigenvalue weighted by atomic mass is 79.9. The van der Waals surface area contributed by atoms with Gasteiger partial charge in [0.1, 0.15) is 11.6 Å². The number of hydrogen-bond donors (Lipinski definition) is 1. The van der Waals surface area contributed by atoms with Gasteiger partial charge in [-0.15, -0.1) is 0 Å². The molecular formula is C15H21BrFNO. The molecule has 2 nitrogen and oxygen atoms in total. The molecule has 0 saturated heterocycles. The minimum absolute atomic E-state index is 0.113. The molecule has 106 valence electrons. The zero-order chi connectivity index (χ0) is 14.2. The first kappa shape index (κ1) is 14.6. The maximum Gasteiger partial charge on any atom is 0.145 e. The molecule has 0 amide bonds. The smallest absolute Gasteiger partial charge is 0.145 e. The van der Waals surface area contributed by atoms with Crippen molar-refractivity contribution in [2.24, 2.45) is 11.3 Å². The van der Waals surface area contributed by atoms with Crippen LogP contribution in [0.4, 0.5) is 10.1 Å². The first-order valence-corrected chi connectivity index (χ1v) is 7.47. The van der Waals surface area contributed by atoms with E-state index in [-0.39, 0.29) is 17.3 Å². The lowest BCUT2D eigenvalue weighted by Crippen LogP contribution is -2.34. The fourth-order valence-electron chi connectivity index (χ4n) is 3.17. The Morgan fingerprint density at radius 1 is 1.37 bits per heavy atom. The summed E-state index contributed by atoms with van der Waals surface area (Å²) >= 11 is 3.12. The lowest BCUT2D eigenvalue weighted by Gasteiger charge is -2.39. The number of nitrogen functional groups attached to an aromatic ring is 1. The lowest BCUT2D eigenvalue weighted by molar-refractivity contribution is 0.0565. The molecule has 2 N–H and O–H groups in total. The summed E-state index contributed by atoms with van der Waals surface area (Å²) in [7, 11) is 0. The second kappa shape index (κ2) is 5.31. The summed E-state index contributed by atoms with van der Waals surface area (Å²) in [4.78, 5) is 0. The summed E-state index contributed by atoms with van der Waals surface area (Å²) in [5, 5.41) is 0. The van der Waals surface area contributed by atoms with Gasteiger partial charge in [0.25, 0.3) is 0 Å². The third-order valence-electron chi connectivity index (χ3n) is 3.69. The molecule has 0 radical (unpaired) electrons. The van der Waals surface area contributed by atoms with Crippen LogP contribution in [0.25, 0.3) is 0 Å². The molecule has 1 aliphatic carbocycles. The van der Waals surface area contributed by atoms with Crippen LogP contribution in [0.5, 0.6) is 5.75 Å². The van der Waals surface area contributed by atoms with Crippen molar-refractivity contribution < 1.29 is 9.13 Å². The summed E-state index contributed by atoms with van der Waals surface area (Å²) in [6.45, 7) is 6.75. The van der Waals surface area contributed by atoms with E-state index in [9.17, 15) is 4.39 Å². The van der Waals surface area contributed by atoms with Crippen molar-refractivity contribution in [3.8, 4) is 5.75 Å². The highest BCUT2D eigenvalue weighted by molar-refractivity contribution is 9.10. The Kier molecular flexibility index (Phi) is 4.09. The number of hydrogen-bond acceptors (Lipinski definition) is 2. The second-order valence-corrected chi connectivity index (χ2v) is 7.31. The first-order valence-electron chi connectivity index (χ1n) is 6.68. The van der Waals surface area contributed by atoms with Crippen molar-refractivity contribution in [2.45, 2.75) is 46.1 Å². The highest BCUT2D eigenvalue weighted by Crippen LogP contribution is 2.41. The van der Waals surface area contributed by atoms with Gasteiger partial charge >= 0.3 is 0 Å². The molecule has 2 unspecified atom stereocenters. The van der Waals surface area contributed by atoms with E-state index < -0.39 is 0 Å². The van der Waals surface area contributed by atoms with E-state index in [0.29, 0.717) is 21.8 Å². The van der Waals surface area contributed by atoms with Crippen LogP contribution in [0.15, 0.2) is 16.6 Å². The zero-order valence-electron chi connectivity index (χ0n) is 11.7. The topological polar surface area (TPSA) is 35.2 Å². The summed E-state index contributed by atoms with van der Waals surface area (Å²) < 4.78 is 19.9. The summed E-state index contributed by atoms with van der Waals surface area (Å²) in [5.74, 6) is 0.734. The molecule has 1 aliphatic rings. The first-order chi connectivity index (χ1) is 8.77. The van der Waals surface area contributed by atoms with Gasteiger partial charge in [-0.1, -0.05) is 20.8 Å². The van der Waals surface area contributed by atoms with Crippen molar-refractivity contribution in [1.29, 1.82) is 0 Å². The van der Waals surface area contributed by atoms with E-state index in [0.717, 1.165) is 12.8 Å². The molecule has 0 spiro atoms. The van der Waals surface area contributed by atoms with Crippen LogP contribution in [0.3, 0.4) is 0 Å². The maximum atomic E-state index is 13.6. The Hall–Kier alpha value is -0.770. The summed E-state index contributed by atoms with van der Waals surface area (Å²) in [6, 6.07) is 2.92. The third-order valence-corrected chi connectivity index (χ3v) is 4.30. The number of anilines is 1. The number of benzene rings is 1. The van der Waals surface area contributed by atoms with Crippen molar-refractivity contribution in [3.05, 3.63) is 22.4 Å². The summed E-state index contributed by atoms with van der Waals surface area (Å²) in [5.41, 5.74) is 6.63. The second-order valence-electron chi connectivity index (χ2n) is 6.46. The van der Waals surface area contributed by atoms with Gasteiger partial charge in [0, 0.05) is 6.07 Å². The number of halogens is 2. The monoisotopic (exact) mass is 329 g/mol. The molecule has 0 aromatic heterocycles. The predicted molar refractivity (Wildman–Crippen MR) is 79.7 cm³/mol. The van der Waals surface area contributed by atoms with Crippen LogP contribution < -0.4 is 10.5 Å². The molecule has 2 atom stereocenters. The average Bonchev–Trinajstić information content (AvgIpc) is 2.22. The van der Waals surface area contributed by atoms with Crippen molar-refractivity contribution in [2.75, 3.05) is 5.73 Å². The van der Waals surface area contributed by atoms with E-state index in [2.05, 4.69) is 36.7 Å². The SMILES string of the molecule is CC1CC(Oc2cc(F)c(Br)cc2N)CC(C)(C)C1. The predicted octanol–water partition coefficient (Wildman–Crippen LogP) is 4.76. The largest absolute Gasteiger partial charge is 0.488 e. The number of ether oxygens (including phenoxy) is 1. The number of rotatable bonds is 2. The Labute approximate surface area is 122 Å². The van der Waals surface area contributed by atoms with Gasteiger partial charge in [-0.05, 0) is 52.6 Å². The maximum absolute atomic E-state index is 13.6. The van der Waals surface area contributed by atoms with Crippen molar-refractivity contribution in [1.82, 2.24) is 0 Å². The molecule has 0 heterocycles. The lowest BCUT2D eigenvalue weighted by atomic mass is 9.71. The van der Waals surface area contributed by atoms with Crippen LogP contribution in [-0.4, -0.2) is 6.10 Å². The van der Waals surface area contributed by atoms with Gasteiger partial charge in [-0.3, -0.25) is 0 Å². The van der Waals surface area contributed by atoms with Gasteiger partial charge in [-0.25, -0.2) is 4.39 Å². The molecule has 0 aliphatic heterocycles. The van der Waals surface area contributed by atoms with Crippen LogP contribution in [0.1, 0.15) is 40.0 Å². The molecule has 19 heavy (non-hydrogen) atoms. The molecule has 1 aromatic carbocycles. The van der Waals surface area contributed by atoms with E-state index >= 15 is 0 Å². The van der Waals surface area contributed by atoms with Crippen LogP contribution in [0, 0.1) is 17.2 Å². The minimum Gasteiger partial charge on any atom is -0.488 e. The van der Waals surface area contributed by atoms with E-state index in [4.69, 9.17) is 10.5 Å². The molecule has 1 fully saturated rings. The molecule has 2 rings (SSSR count). The van der Waals surface area contributed by atoms with Crippen molar-refractivity contribution >= 4 is 21.6 Å². The molecular weight excluding hydrogens is 309 g/mol. The normalized spacial score (nSPS) is 26.2. The van der Waals surface area contributed by atoms with Gasteiger partial charge in [0.05, 0.1) is 16.3 Å². The minimum atomic E-state index is -0.340. The van der Waals surface area contributed by atoms with E-state index in [1.165, 1.54) is 12.5 Å². The Morgan fingerprint density at radius 2 is 2.05 bits per heavy atom. The Bertz CT molecular complexity index is 475. The standard InChI is InChI=1S/C15H21BrFNO/c1-9-4-10(8-15(2,3)7-9)19-14-6-12(17)11(16)5-13(14)18/h5-6,9-10H,4,7-8,18H2,1-3H3. The van der Waals surface area contributed by atoms with E-state index in [1.54, 1.807) is 6.07 Å². The van der Waals surface area contributed by atoms with Gasteiger partial charge in [0.15, 0.2) is 0 Å². The zero-order valence-corrected chi connectivity index (χ0v) is 13.3. The van der Waals surface area contributed by atoms with Crippen LogP contribution in [0.2, 0.25) is 0 Å². The fourth-order valence-corrected chi connectivity index (χ4v) is 3.53. The molecule has 4 heteroatoms. The summed E-state index contributed by atoms with van der Waals surface area (Å²) in [6.07, 6.45) is 3.30. The van der Waals surface area contributed by atoms with Gasteiger partial charge in [0.2, 0.25) is 0 Å². The quantitative estimate of drug-likeness (QED) is 0.793. The molecule has 0 bridgehead atoms. The highest BCUT2D eigenvalue weighted by Gasteiger charge is 2.33. The van der Waals surface area contributed by atoms with E-state index in [1.807, 2.05) is 0 Å². The number of nitrogens with two attached hydrogens (primary N) is 1. The van der Waals surface area contributed by atoms with Crippen molar-refractivity contribution in [3.63, 3.8) is 0 Å². The molecule has 1 saturated carbocycles. The van der Waals surface area contributed by atoms with Crippen LogP contribution >= 0.6 is 15.9 Å². The molecule has 1 aromatic rings. The van der Waals surface area contributed by atoms with Crippen LogP contribution in [-0.2, 0) is 0 Å². The van der Waals surface area contributed by atoms with Gasteiger partial charge in [-0.2, -0.15) is 0 Å². The average molecular weight is 330 g/mol. The Balaban J connectivity index is 2.15. The Morgan fingerprint density at radius 3 is 2.68 bits per heavy atom.